The van der Waals surface area contributed by atoms with Crippen molar-refractivity contribution >= 4 is 43.5 Å². The van der Waals surface area contributed by atoms with Gasteiger partial charge in [0.05, 0.1) is 11.4 Å². The van der Waals surface area contributed by atoms with Crippen LogP contribution in [0, 0.1) is 0 Å². The van der Waals surface area contributed by atoms with Gasteiger partial charge in [0.25, 0.3) is 0 Å². The fourth-order valence-electron chi connectivity index (χ4n) is 10.4. The molecule has 0 saturated carbocycles. The second-order valence-electron chi connectivity index (χ2n) is 18.2. The molecule has 2 heterocycles. The smallest absolute Gasteiger partial charge is 0.160 e. The molecule has 0 spiro atoms. The van der Waals surface area contributed by atoms with E-state index in [4.69, 9.17) is 14.4 Å². The first-order chi connectivity index (χ1) is 32.4. The summed E-state index contributed by atoms with van der Waals surface area (Å²) < 4.78 is 6.20. The van der Waals surface area contributed by atoms with Crippen molar-refractivity contribution in [1.29, 1.82) is 0 Å². The maximum atomic E-state index is 6.20. The van der Waals surface area contributed by atoms with Crippen LogP contribution in [0.1, 0.15) is 25.0 Å². The van der Waals surface area contributed by atoms with Gasteiger partial charge in [0.1, 0.15) is 11.2 Å². The molecule has 310 valence electrons. The van der Waals surface area contributed by atoms with Crippen LogP contribution in [-0.2, 0) is 5.41 Å². The number of aromatic nitrogens is 2. The van der Waals surface area contributed by atoms with Crippen molar-refractivity contribution in [2.75, 3.05) is 0 Å². The van der Waals surface area contributed by atoms with Gasteiger partial charge in [-0.3, -0.25) is 0 Å². The Kier molecular flexibility index (Phi) is 8.56. The van der Waals surface area contributed by atoms with Crippen LogP contribution < -0.4 is 0 Å². The van der Waals surface area contributed by atoms with Crippen molar-refractivity contribution in [2.45, 2.75) is 19.3 Å². The van der Waals surface area contributed by atoms with Crippen molar-refractivity contribution in [3.8, 4) is 78.4 Å². The fourth-order valence-corrected chi connectivity index (χ4v) is 10.4. The largest absolute Gasteiger partial charge is 0.456 e. The molecular formula is C63H42N2O. The predicted octanol–water partition coefficient (Wildman–Crippen LogP) is 17.0. The first-order valence-corrected chi connectivity index (χ1v) is 22.7. The van der Waals surface area contributed by atoms with Gasteiger partial charge in [-0.15, -0.1) is 0 Å². The van der Waals surface area contributed by atoms with Gasteiger partial charge >= 0.3 is 0 Å². The van der Waals surface area contributed by atoms with E-state index in [1.165, 1.54) is 49.5 Å². The van der Waals surface area contributed by atoms with Crippen LogP contribution in [0.2, 0.25) is 0 Å². The average Bonchev–Trinajstić information content (AvgIpc) is 3.86. The highest BCUT2D eigenvalue weighted by Crippen LogP contribution is 2.53. The zero-order valence-corrected chi connectivity index (χ0v) is 36.6. The van der Waals surface area contributed by atoms with E-state index >= 15 is 0 Å². The van der Waals surface area contributed by atoms with Gasteiger partial charge in [-0.05, 0) is 144 Å². The molecule has 0 radical (unpaired) electrons. The third kappa shape index (κ3) is 6.27. The number of fused-ring (bicyclic) bond motifs is 8. The lowest BCUT2D eigenvalue weighted by Gasteiger charge is -2.22. The molecule has 0 aliphatic heterocycles. The minimum atomic E-state index is -0.158. The quantitative estimate of drug-likeness (QED) is 0.167. The summed E-state index contributed by atoms with van der Waals surface area (Å²) in [5.74, 6) is 0.710. The van der Waals surface area contributed by atoms with E-state index < -0.39 is 0 Å². The molecule has 0 amide bonds. The molecule has 3 heteroatoms. The summed E-state index contributed by atoms with van der Waals surface area (Å²) in [6.07, 6.45) is 0. The number of hydrogen-bond acceptors (Lipinski definition) is 3. The lowest BCUT2D eigenvalue weighted by atomic mass is 9.81. The molecule has 2 aromatic heterocycles. The van der Waals surface area contributed by atoms with Crippen LogP contribution >= 0.6 is 0 Å². The molecule has 0 unspecified atom stereocenters. The van der Waals surface area contributed by atoms with Crippen molar-refractivity contribution < 1.29 is 4.42 Å². The lowest BCUT2D eigenvalue weighted by molar-refractivity contribution is 0.661. The predicted molar refractivity (Wildman–Crippen MR) is 275 cm³/mol. The Morgan fingerprint density at radius 1 is 0.333 bits per heavy atom. The fraction of sp³-hybridized carbons (Fsp3) is 0.0476. The summed E-state index contributed by atoms with van der Waals surface area (Å²) >= 11 is 0. The highest BCUT2D eigenvalue weighted by atomic mass is 16.3. The van der Waals surface area contributed by atoms with Crippen molar-refractivity contribution in [3.05, 3.63) is 230 Å². The molecule has 10 aromatic carbocycles. The summed E-state index contributed by atoms with van der Waals surface area (Å²) in [5.41, 5.74) is 18.8. The van der Waals surface area contributed by atoms with Crippen LogP contribution in [-0.4, -0.2) is 9.97 Å². The van der Waals surface area contributed by atoms with Crippen LogP contribution in [0.3, 0.4) is 0 Å². The first-order valence-electron chi connectivity index (χ1n) is 22.7. The van der Waals surface area contributed by atoms with Gasteiger partial charge in [-0.2, -0.15) is 0 Å². The van der Waals surface area contributed by atoms with Gasteiger partial charge in [0.15, 0.2) is 5.82 Å². The average molecular weight is 843 g/mol. The monoisotopic (exact) mass is 842 g/mol. The number of nitrogens with zero attached hydrogens (tertiary/aromatic N) is 2. The molecule has 1 aliphatic carbocycles. The Balaban J connectivity index is 0.924. The normalized spacial score (nSPS) is 12.8. The number of para-hydroxylation sites is 1. The summed E-state index contributed by atoms with van der Waals surface area (Å²) in [6.45, 7) is 4.69. The third-order valence-electron chi connectivity index (χ3n) is 13.8. The molecule has 0 N–H and O–H groups in total. The highest BCUT2D eigenvalue weighted by Gasteiger charge is 2.37. The molecule has 0 bridgehead atoms. The molecule has 1 aliphatic rings. The van der Waals surface area contributed by atoms with Crippen molar-refractivity contribution in [1.82, 2.24) is 9.97 Å². The SMILES string of the molecule is CC1(C)c2cc3ccccc3cc2-c2c(-c3cc(-c4ccc5cc(-c6cc(-c7ccccc7)cc(-c7ccc8oc9ccccc9c8c7)c6)ccc5c4)nc(-c4ccccc4)n3)cccc21. The molecule has 66 heavy (non-hydrogen) atoms. The Bertz CT molecular complexity index is 3900. The maximum Gasteiger partial charge on any atom is 0.160 e. The second-order valence-corrected chi connectivity index (χ2v) is 18.2. The van der Waals surface area contributed by atoms with Crippen molar-refractivity contribution in [3.63, 3.8) is 0 Å². The number of rotatable bonds is 6. The van der Waals surface area contributed by atoms with Gasteiger partial charge in [-0.25, -0.2) is 9.97 Å². The van der Waals surface area contributed by atoms with Crippen molar-refractivity contribution in [2.24, 2.45) is 0 Å². The minimum absolute atomic E-state index is 0.158. The van der Waals surface area contributed by atoms with Gasteiger partial charge < -0.3 is 4.42 Å². The standard InChI is InChI=1S/C63H42N2O/c1-63(2)55-22-13-21-52(61(55)54-36-41-18-9-10-19-42(41)37-56(54)63)58-38-57(64-62(65-58)40-16-7-4-8-17-40)47-27-26-43-30-45(25-24-44(43)31-47)49-32-48(39-14-5-3-6-15-39)33-50(34-49)46-28-29-60-53(35-46)51-20-11-12-23-59(51)66-60/h3-38H,1-2H3. The molecule has 13 rings (SSSR count). The summed E-state index contributed by atoms with van der Waals surface area (Å²) in [7, 11) is 0. The summed E-state index contributed by atoms with van der Waals surface area (Å²) in [6, 6.07) is 78.7. The molecule has 12 aromatic rings. The first kappa shape index (κ1) is 38.1. The third-order valence-corrected chi connectivity index (χ3v) is 13.8. The Morgan fingerprint density at radius 2 is 0.909 bits per heavy atom. The van der Waals surface area contributed by atoms with E-state index in [-0.39, 0.29) is 5.41 Å². The zero-order valence-electron chi connectivity index (χ0n) is 36.6. The van der Waals surface area contributed by atoms with E-state index in [2.05, 4.69) is 214 Å². The molecular weight excluding hydrogens is 801 g/mol. The maximum absolute atomic E-state index is 6.20. The van der Waals surface area contributed by atoms with E-state index in [0.717, 1.165) is 77.7 Å². The minimum Gasteiger partial charge on any atom is -0.456 e. The summed E-state index contributed by atoms with van der Waals surface area (Å²) in [5, 5.41) is 7.08. The highest BCUT2D eigenvalue weighted by molar-refractivity contribution is 6.06. The number of furan rings is 1. The second kappa shape index (κ2) is 14.8. The topological polar surface area (TPSA) is 38.9 Å². The van der Waals surface area contributed by atoms with Gasteiger partial charge in [0.2, 0.25) is 0 Å². The van der Waals surface area contributed by atoms with E-state index in [1.807, 2.05) is 18.2 Å². The Hall–Kier alpha value is -8.40. The van der Waals surface area contributed by atoms with Gasteiger partial charge in [-0.1, -0.05) is 166 Å². The van der Waals surface area contributed by atoms with E-state index in [0.29, 0.717) is 5.82 Å². The molecule has 0 fully saturated rings. The molecule has 0 saturated heterocycles. The van der Waals surface area contributed by atoms with E-state index in [9.17, 15) is 0 Å². The van der Waals surface area contributed by atoms with Gasteiger partial charge in [0, 0.05) is 32.9 Å². The number of hydrogen-bond donors (Lipinski definition) is 0. The zero-order chi connectivity index (χ0) is 43.9. The summed E-state index contributed by atoms with van der Waals surface area (Å²) in [4.78, 5) is 10.6. The number of benzene rings is 10. The molecule has 0 atom stereocenters. The molecule has 3 nitrogen and oxygen atoms in total. The van der Waals surface area contributed by atoms with Crippen LogP contribution in [0.4, 0.5) is 0 Å². The Morgan fingerprint density at radius 3 is 1.68 bits per heavy atom. The van der Waals surface area contributed by atoms with Crippen LogP contribution in [0.25, 0.3) is 122 Å². The van der Waals surface area contributed by atoms with E-state index in [1.54, 1.807) is 0 Å². The van der Waals surface area contributed by atoms with Crippen LogP contribution in [0.15, 0.2) is 223 Å². The van der Waals surface area contributed by atoms with Crippen LogP contribution in [0.5, 0.6) is 0 Å². The Labute approximate surface area is 383 Å². The lowest BCUT2D eigenvalue weighted by Crippen LogP contribution is -2.14.